The van der Waals surface area contributed by atoms with E-state index in [1.54, 1.807) is 0 Å². The molecule has 0 unspecified atom stereocenters. The van der Waals surface area contributed by atoms with Crippen LogP contribution in [0.5, 0.6) is 0 Å². The summed E-state index contributed by atoms with van der Waals surface area (Å²) in [5.74, 6) is 0. The van der Waals surface area contributed by atoms with E-state index in [2.05, 4.69) is 143 Å². The average molecular weight is 522 g/mol. The lowest BCUT2D eigenvalue weighted by molar-refractivity contribution is 1.44. The third kappa shape index (κ3) is 3.68. The Morgan fingerprint density at radius 2 is 0.862 bits per heavy atom. The molecule has 0 saturated heterocycles. The summed E-state index contributed by atoms with van der Waals surface area (Å²) < 4.78 is 2.30. The van der Waals surface area contributed by atoms with Crippen molar-refractivity contribution in [2.24, 2.45) is 0 Å². The zero-order chi connectivity index (χ0) is 20.4. The van der Waals surface area contributed by atoms with Crippen LogP contribution in [0.4, 0.5) is 0 Å². The average Bonchev–Trinajstić information content (AvgIpc) is 2.75. The largest absolute Gasteiger partial charge is 0.179 e. The summed E-state index contributed by atoms with van der Waals surface area (Å²) in [6, 6.07) is 35.8. The minimum absolute atomic E-state index is 1.15. The molecule has 0 aliphatic carbocycles. The molecular weight excluding hydrogens is 500 g/mol. The Labute approximate surface area is 190 Å². The van der Waals surface area contributed by atoms with Gasteiger partial charge in [-0.1, -0.05) is 117 Å². The molecule has 0 atom stereocenters. The molecule has 0 aliphatic heterocycles. The quantitative estimate of drug-likeness (QED) is 0.255. The zero-order valence-electron chi connectivity index (χ0n) is 16.5. The van der Waals surface area contributed by atoms with E-state index >= 15 is 0 Å². The summed E-state index contributed by atoms with van der Waals surface area (Å²) in [7, 11) is -2.45. The van der Waals surface area contributed by atoms with Crippen molar-refractivity contribution in [3.8, 4) is 0 Å². The van der Waals surface area contributed by atoms with Gasteiger partial charge in [0, 0.05) is 8.95 Å². The molecule has 0 bridgehead atoms. The van der Waals surface area contributed by atoms with Gasteiger partial charge in [0.1, 0.15) is 0 Å². The summed E-state index contributed by atoms with van der Waals surface area (Å²) >= 11 is 7.39. The van der Waals surface area contributed by atoms with Crippen LogP contribution in [0.1, 0.15) is 11.1 Å². The van der Waals surface area contributed by atoms with Crippen LogP contribution in [0.2, 0.25) is 0 Å². The molecule has 4 aromatic carbocycles. The second kappa shape index (κ2) is 8.43. The Morgan fingerprint density at radius 1 is 0.483 bits per heavy atom. The Hall–Kier alpha value is -1.94. The van der Waals surface area contributed by atoms with E-state index in [9.17, 15) is 0 Å². The third-order valence-corrected chi connectivity index (χ3v) is 12.1. The topological polar surface area (TPSA) is 0 Å². The monoisotopic (exact) mass is 520 g/mol. The number of hydrogen-bond donors (Lipinski definition) is 0. The van der Waals surface area contributed by atoms with Gasteiger partial charge in [0.25, 0.3) is 0 Å². The zero-order valence-corrected chi connectivity index (χ0v) is 20.7. The molecule has 0 aromatic heterocycles. The molecule has 0 fully saturated rings. The Bertz CT molecular complexity index is 1040. The van der Waals surface area contributed by atoms with Crippen molar-refractivity contribution in [2.45, 2.75) is 13.8 Å². The van der Waals surface area contributed by atoms with E-state index in [4.69, 9.17) is 0 Å². The molecule has 0 radical (unpaired) electrons. The molecule has 144 valence electrons. The first-order chi connectivity index (χ1) is 14.0. The maximum absolute atomic E-state index is 3.70. The first-order valence-electron chi connectivity index (χ1n) is 9.68. The minimum Gasteiger partial charge on any atom is -0.0623 e. The first kappa shape index (κ1) is 20.3. The predicted molar refractivity (Wildman–Crippen MR) is 135 cm³/mol. The van der Waals surface area contributed by atoms with E-state index in [1.165, 1.54) is 31.9 Å². The van der Waals surface area contributed by atoms with Gasteiger partial charge < -0.3 is 0 Å². The number of rotatable bonds is 4. The van der Waals surface area contributed by atoms with Crippen molar-refractivity contribution >= 4 is 60.7 Å². The van der Waals surface area contributed by atoms with Crippen LogP contribution in [-0.2, 0) is 0 Å². The van der Waals surface area contributed by atoms with E-state index in [1.807, 2.05) is 0 Å². The van der Waals surface area contributed by atoms with Crippen LogP contribution in [0.3, 0.4) is 0 Å². The van der Waals surface area contributed by atoms with Crippen molar-refractivity contribution in [1.29, 1.82) is 0 Å². The van der Waals surface area contributed by atoms with Gasteiger partial charge in [-0.05, 0) is 57.9 Å². The van der Waals surface area contributed by atoms with E-state index in [-0.39, 0.29) is 0 Å². The van der Waals surface area contributed by atoms with Crippen LogP contribution in [0.15, 0.2) is 106 Å². The van der Waals surface area contributed by atoms with Crippen LogP contribution in [0, 0.1) is 13.8 Å². The highest BCUT2D eigenvalue weighted by Crippen LogP contribution is 2.19. The standard InChI is InChI=1S/C26H22Br2Si/c1-19-17-23(13-15-25(19)27)29(21-9-5-3-6-10-21,22-11-7-4-8-12-22)24-14-16-26(28)20(2)18-24/h3-18H,1-2H3. The summed E-state index contributed by atoms with van der Waals surface area (Å²) in [4.78, 5) is 0. The molecule has 0 saturated carbocycles. The van der Waals surface area contributed by atoms with Crippen LogP contribution in [-0.4, -0.2) is 8.07 Å². The van der Waals surface area contributed by atoms with Crippen molar-refractivity contribution < 1.29 is 0 Å². The van der Waals surface area contributed by atoms with Gasteiger partial charge in [0.15, 0.2) is 8.07 Å². The van der Waals surface area contributed by atoms with Gasteiger partial charge in [-0.25, -0.2) is 0 Å². The van der Waals surface area contributed by atoms with Crippen molar-refractivity contribution in [3.63, 3.8) is 0 Å². The van der Waals surface area contributed by atoms with E-state index in [0.29, 0.717) is 0 Å². The highest BCUT2D eigenvalue weighted by Gasteiger charge is 2.41. The second-order valence-electron chi connectivity index (χ2n) is 7.41. The molecule has 0 amide bonds. The smallest absolute Gasteiger partial charge is 0.0623 e. The van der Waals surface area contributed by atoms with Crippen LogP contribution >= 0.6 is 31.9 Å². The summed E-state index contributed by atoms with van der Waals surface area (Å²) in [6.45, 7) is 4.35. The first-order valence-corrected chi connectivity index (χ1v) is 13.3. The fourth-order valence-corrected chi connectivity index (χ4v) is 9.54. The molecule has 3 heteroatoms. The van der Waals surface area contributed by atoms with Crippen molar-refractivity contribution in [1.82, 2.24) is 0 Å². The van der Waals surface area contributed by atoms with E-state index in [0.717, 1.165) is 8.95 Å². The number of halogens is 2. The minimum atomic E-state index is -2.45. The maximum Gasteiger partial charge on any atom is 0.179 e. The lowest BCUT2D eigenvalue weighted by atomic mass is 10.2. The van der Waals surface area contributed by atoms with Crippen molar-refractivity contribution in [3.05, 3.63) is 117 Å². The van der Waals surface area contributed by atoms with Crippen LogP contribution < -0.4 is 20.7 Å². The van der Waals surface area contributed by atoms with Gasteiger partial charge in [-0.2, -0.15) is 0 Å². The van der Waals surface area contributed by atoms with Gasteiger partial charge in [-0.3, -0.25) is 0 Å². The summed E-state index contributed by atoms with van der Waals surface area (Å²) in [5.41, 5.74) is 2.53. The normalized spacial score (nSPS) is 11.4. The lowest BCUT2D eigenvalue weighted by Crippen LogP contribution is -2.74. The molecule has 4 aromatic rings. The molecule has 29 heavy (non-hydrogen) atoms. The molecular formula is C26H22Br2Si. The molecule has 0 N–H and O–H groups in total. The molecule has 0 spiro atoms. The summed E-state index contributed by atoms with van der Waals surface area (Å²) in [6.07, 6.45) is 0. The Morgan fingerprint density at radius 3 is 1.21 bits per heavy atom. The van der Waals surface area contributed by atoms with Crippen LogP contribution in [0.25, 0.3) is 0 Å². The molecule has 4 rings (SSSR count). The second-order valence-corrected chi connectivity index (χ2v) is 12.9. The lowest BCUT2D eigenvalue weighted by Gasteiger charge is -2.35. The molecule has 0 aliphatic rings. The highest BCUT2D eigenvalue weighted by molar-refractivity contribution is 9.10. The van der Waals surface area contributed by atoms with Crippen molar-refractivity contribution in [2.75, 3.05) is 0 Å². The summed E-state index contributed by atoms with van der Waals surface area (Å²) in [5, 5.41) is 5.60. The van der Waals surface area contributed by atoms with Gasteiger partial charge in [-0.15, -0.1) is 0 Å². The highest BCUT2D eigenvalue weighted by atomic mass is 79.9. The number of hydrogen-bond acceptors (Lipinski definition) is 0. The fraction of sp³-hybridized carbons (Fsp3) is 0.0769. The van der Waals surface area contributed by atoms with E-state index < -0.39 is 8.07 Å². The van der Waals surface area contributed by atoms with Gasteiger partial charge in [0.05, 0.1) is 0 Å². The fourth-order valence-electron chi connectivity index (χ4n) is 4.13. The third-order valence-electron chi connectivity index (χ3n) is 5.60. The Kier molecular flexibility index (Phi) is 5.91. The molecule has 0 nitrogen and oxygen atoms in total. The van der Waals surface area contributed by atoms with Gasteiger partial charge in [0.2, 0.25) is 0 Å². The Balaban J connectivity index is 2.16. The number of aryl methyl sites for hydroxylation is 2. The molecule has 0 heterocycles. The SMILES string of the molecule is Cc1cc([Si](c2ccccc2)(c2ccccc2)c2ccc(Br)c(C)c2)ccc1Br. The predicted octanol–water partition coefficient (Wildman–Crippen LogP) is 5.21. The number of benzene rings is 4. The van der Waals surface area contributed by atoms with Gasteiger partial charge >= 0.3 is 0 Å². The maximum atomic E-state index is 3.70.